The van der Waals surface area contributed by atoms with Crippen molar-refractivity contribution in [2.45, 2.75) is 51.2 Å². The highest BCUT2D eigenvalue weighted by Gasteiger charge is 2.39. The van der Waals surface area contributed by atoms with Crippen LogP contribution in [-0.4, -0.2) is 41.9 Å². The van der Waals surface area contributed by atoms with E-state index in [9.17, 15) is 8.42 Å². The fourth-order valence-corrected chi connectivity index (χ4v) is 5.55. The topological polar surface area (TPSA) is 50.3 Å². The van der Waals surface area contributed by atoms with Crippen LogP contribution in [0, 0.1) is 0 Å². The smallest absolute Gasteiger partial charge is 0.151 e. The van der Waals surface area contributed by atoms with Gasteiger partial charge in [0.25, 0.3) is 0 Å². The summed E-state index contributed by atoms with van der Waals surface area (Å²) in [6.45, 7) is 2.92. The molecule has 2 aromatic rings. The minimum Gasteiger partial charge on any atom is -0.291 e. The monoisotopic (exact) mass is 344 g/mol. The van der Waals surface area contributed by atoms with E-state index >= 15 is 0 Å². The third-order valence-electron chi connectivity index (χ3n) is 5.28. The van der Waals surface area contributed by atoms with Gasteiger partial charge in [0.15, 0.2) is 9.84 Å². The van der Waals surface area contributed by atoms with Crippen molar-refractivity contribution in [3.8, 4) is 0 Å². The number of nitrogens with zero attached hydrogens (tertiary/aromatic N) is 2. The van der Waals surface area contributed by atoms with Gasteiger partial charge in [0.1, 0.15) is 0 Å². The Labute approximate surface area is 143 Å². The minimum absolute atomic E-state index is 0.168. The van der Waals surface area contributed by atoms with Crippen LogP contribution >= 0.6 is 0 Å². The average Bonchev–Trinajstić information content (AvgIpc) is 3.35. The highest BCUT2D eigenvalue weighted by molar-refractivity contribution is 7.91. The summed E-state index contributed by atoms with van der Waals surface area (Å²) < 4.78 is 23.7. The van der Waals surface area contributed by atoms with E-state index in [1.165, 1.54) is 23.8 Å². The zero-order valence-electron chi connectivity index (χ0n) is 14.1. The first-order chi connectivity index (χ1) is 11.6. The molecule has 1 aliphatic heterocycles. The second-order valence-corrected chi connectivity index (χ2v) is 9.33. The third-order valence-corrected chi connectivity index (χ3v) is 7.03. The van der Waals surface area contributed by atoms with Gasteiger partial charge in [-0.1, -0.05) is 31.2 Å². The van der Waals surface area contributed by atoms with Crippen molar-refractivity contribution < 1.29 is 8.42 Å². The average molecular weight is 344 g/mol. The Balaban J connectivity index is 1.62. The molecule has 2 fully saturated rings. The van der Waals surface area contributed by atoms with E-state index in [2.05, 4.69) is 42.2 Å². The molecule has 0 N–H and O–H groups in total. The Hall–Kier alpha value is -1.46. The van der Waals surface area contributed by atoms with Crippen LogP contribution in [-0.2, 0) is 22.8 Å². The molecule has 24 heavy (non-hydrogen) atoms. The van der Waals surface area contributed by atoms with Crippen LogP contribution in [0.15, 0.2) is 30.3 Å². The number of benzene rings is 1. The summed E-state index contributed by atoms with van der Waals surface area (Å²) in [7, 11) is -2.85. The lowest BCUT2D eigenvalue weighted by Crippen LogP contribution is -2.37. The number of hydrogen-bond donors (Lipinski definition) is 0. The molecule has 2 aliphatic rings. The number of sulfone groups is 1. The van der Waals surface area contributed by atoms with Gasteiger partial charge in [-0.2, -0.15) is 0 Å². The molecule has 0 spiro atoms. The van der Waals surface area contributed by atoms with Crippen molar-refractivity contribution in [2.24, 2.45) is 0 Å². The van der Waals surface area contributed by atoms with E-state index in [0.29, 0.717) is 17.5 Å². The maximum absolute atomic E-state index is 11.9. The maximum atomic E-state index is 11.9. The first kappa shape index (κ1) is 16.0. The summed E-state index contributed by atoms with van der Waals surface area (Å²) in [4.78, 5) is 7.31. The molecule has 1 saturated carbocycles. The summed E-state index contributed by atoms with van der Waals surface area (Å²) in [6, 6.07) is 11.3. The predicted molar refractivity (Wildman–Crippen MR) is 96.7 cm³/mol. The number of hydrogen-bond acceptors (Lipinski definition) is 4. The molecule has 1 aliphatic carbocycles. The Morgan fingerprint density at radius 3 is 2.62 bits per heavy atom. The standard InChI is InChI=1S/C19H24N2O2S/c1-2-14-4-3-5-15-6-7-16(20-19(14)15)12-21(17-8-9-17)18-10-11-24(22,23)13-18/h3-7,17-18H,2,8-13H2,1H3. The highest BCUT2D eigenvalue weighted by Crippen LogP contribution is 2.33. The number of fused-ring (bicyclic) bond motifs is 1. The molecule has 4 rings (SSSR count). The first-order valence-electron chi connectivity index (χ1n) is 8.89. The van der Waals surface area contributed by atoms with E-state index < -0.39 is 9.84 Å². The summed E-state index contributed by atoms with van der Waals surface area (Å²) in [5, 5.41) is 1.18. The van der Waals surface area contributed by atoms with E-state index in [0.717, 1.165) is 30.6 Å². The fourth-order valence-electron chi connectivity index (χ4n) is 3.81. The Morgan fingerprint density at radius 2 is 1.96 bits per heavy atom. The molecular weight excluding hydrogens is 320 g/mol. The lowest BCUT2D eigenvalue weighted by molar-refractivity contribution is 0.191. The number of para-hydroxylation sites is 1. The third kappa shape index (κ3) is 3.20. The van der Waals surface area contributed by atoms with Crippen molar-refractivity contribution in [1.82, 2.24) is 9.88 Å². The molecule has 5 heteroatoms. The van der Waals surface area contributed by atoms with Gasteiger partial charge < -0.3 is 0 Å². The zero-order chi connectivity index (χ0) is 16.7. The van der Waals surface area contributed by atoms with Gasteiger partial charge in [-0.25, -0.2) is 8.42 Å². The molecule has 1 atom stereocenters. The summed E-state index contributed by atoms with van der Waals surface area (Å²) in [5.74, 6) is 0.656. The van der Waals surface area contributed by atoms with Gasteiger partial charge >= 0.3 is 0 Å². The molecular formula is C19H24N2O2S. The molecule has 2 heterocycles. The van der Waals surface area contributed by atoms with Gasteiger partial charge in [-0.15, -0.1) is 0 Å². The van der Waals surface area contributed by atoms with Gasteiger partial charge in [-0.05, 0) is 37.3 Å². The molecule has 0 amide bonds. The van der Waals surface area contributed by atoms with Crippen molar-refractivity contribution in [2.75, 3.05) is 11.5 Å². The van der Waals surface area contributed by atoms with Crippen molar-refractivity contribution in [1.29, 1.82) is 0 Å². The zero-order valence-corrected chi connectivity index (χ0v) is 14.9. The highest BCUT2D eigenvalue weighted by atomic mass is 32.2. The Bertz CT molecular complexity index is 859. The van der Waals surface area contributed by atoms with E-state index in [-0.39, 0.29) is 6.04 Å². The molecule has 0 radical (unpaired) electrons. The van der Waals surface area contributed by atoms with Crippen LogP contribution in [0.2, 0.25) is 0 Å². The van der Waals surface area contributed by atoms with Gasteiger partial charge in [-0.3, -0.25) is 9.88 Å². The van der Waals surface area contributed by atoms with E-state index in [1.54, 1.807) is 0 Å². The fraction of sp³-hybridized carbons (Fsp3) is 0.526. The molecule has 128 valence electrons. The van der Waals surface area contributed by atoms with Crippen LogP contribution in [0.5, 0.6) is 0 Å². The molecule has 1 aromatic heterocycles. The molecule has 4 nitrogen and oxygen atoms in total. The summed E-state index contributed by atoms with van der Waals surface area (Å²) in [5.41, 5.74) is 3.42. The summed E-state index contributed by atoms with van der Waals surface area (Å²) in [6.07, 6.45) is 4.11. The normalized spacial score (nSPS) is 23.2. The Kier molecular flexibility index (Phi) is 4.09. The maximum Gasteiger partial charge on any atom is 0.151 e. The molecule has 0 bridgehead atoms. The van der Waals surface area contributed by atoms with Crippen molar-refractivity contribution >= 4 is 20.7 Å². The van der Waals surface area contributed by atoms with E-state index in [1.807, 2.05) is 0 Å². The number of aryl methyl sites for hydroxylation is 1. The van der Waals surface area contributed by atoms with Crippen molar-refractivity contribution in [3.05, 3.63) is 41.6 Å². The molecule has 1 unspecified atom stereocenters. The van der Waals surface area contributed by atoms with Crippen LogP contribution in [0.1, 0.15) is 37.4 Å². The number of rotatable bonds is 5. The first-order valence-corrected chi connectivity index (χ1v) is 10.7. The lowest BCUT2D eigenvalue weighted by Gasteiger charge is -2.27. The van der Waals surface area contributed by atoms with E-state index in [4.69, 9.17) is 4.98 Å². The molecule has 1 aromatic carbocycles. The van der Waals surface area contributed by atoms with Crippen LogP contribution in [0.3, 0.4) is 0 Å². The lowest BCUT2D eigenvalue weighted by atomic mass is 10.1. The van der Waals surface area contributed by atoms with Gasteiger partial charge in [0.05, 0.1) is 22.7 Å². The van der Waals surface area contributed by atoms with Gasteiger partial charge in [0.2, 0.25) is 0 Å². The number of pyridine rings is 1. The largest absolute Gasteiger partial charge is 0.291 e. The number of aromatic nitrogens is 1. The predicted octanol–water partition coefficient (Wildman–Crippen LogP) is 2.95. The minimum atomic E-state index is -2.85. The van der Waals surface area contributed by atoms with Crippen LogP contribution in [0.25, 0.3) is 10.9 Å². The second kappa shape index (κ2) is 6.12. The second-order valence-electron chi connectivity index (χ2n) is 7.11. The molecule has 1 saturated heterocycles. The van der Waals surface area contributed by atoms with Gasteiger partial charge in [0, 0.05) is 24.0 Å². The SMILES string of the molecule is CCc1cccc2ccc(CN(C3CC3)C3CCS(=O)(=O)C3)nc12. The quantitative estimate of drug-likeness (QED) is 0.837. The van der Waals surface area contributed by atoms with Crippen molar-refractivity contribution in [3.63, 3.8) is 0 Å². The van der Waals surface area contributed by atoms with Crippen LogP contribution in [0.4, 0.5) is 0 Å². The Morgan fingerprint density at radius 1 is 1.12 bits per heavy atom. The summed E-state index contributed by atoms with van der Waals surface area (Å²) >= 11 is 0. The van der Waals surface area contributed by atoms with Crippen LogP contribution < -0.4 is 0 Å².